The third-order valence-corrected chi connectivity index (χ3v) is 3.45. The summed E-state index contributed by atoms with van der Waals surface area (Å²) in [6.07, 6.45) is -0.329. The fourth-order valence-corrected chi connectivity index (χ4v) is 2.58. The summed E-state index contributed by atoms with van der Waals surface area (Å²) in [5.74, 6) is 0. The number of ether oxygens (including phenoxy) is 1. The van der Waals surface area contributed by atoms with Gasteiger partial charge in [0.05, 0.1) is 12.6 Å². The van der Waals surface area contributed by atoms with Gasteiger partial charge in [0.15, 0.2) is 0 Å². The second-order valence-electron chi connectivity index (χ2n) is 6.23. The monoisotopic (exact) mass is 285 g/mol. The van der Waals surface area contributed by atoms with Gasteiger partial charge >= 0.3 is 12.1 Å². The Kier molecular flexibility index (Phi) is 4.08. The summed E-state index contributed by atoms with van der Waals surface area (Å²) in [5, 5.41) is 8.95. The number of nitrogens with zero attached hydrogens (tertiary/aromatic N) is 3. The van der Waals surface area contributed by atoms with Gasteiger partial charge in [-0.3, -0.25) is 0 Å². The fourth-order valence-electron chi connectivity index (χ4n) is 2.58. The average molecular weight is 285 g/mol. The first-order valence-corrected chi connectivity index (χ1v) is 6.96. The number of urea groups is 1. The normalized spacial score (nSPS) is 23.1. The summed E-state index contributed by atoms with van der Waals surface area (Å²) >= 11 is 0. The summed E-state index contributed by atoms with van der Waals surface area (Å²) in [4.78, 5) is 29.1. The number of β-amino-alcohol motifs (C(OH)–C–C–N with tert-alkyl or cyclic N) is 1. The molecule has 0 aromatic rings. The molecule has 0 radical (unpaired) electrons. The molecular formula is C13H23N3O4. The molecule has 114 valence electrons. The number of amides is 3. The lowest BCUT2D eigenvalue weighted by Crippen LogP contribution is -2.54. The maximum atomic E-state index is 12.0. The molecule has 1 atom stereocenters. The van der Waals surface area contributed by atoms with E-state index in [0.29, 0.717) is 32.7 Å². The van der Waals surface area contributed by atoms with Crippen molar-refractivity contribution in [3.63, 3.8) is 0 Å². The van der Waals surface area contributed by atoms with Crippen LogP contribution in [0.3, 0.4) is 0 Å². The first kappa shape index (κ1) is 14.9. The first-order chi connectivity index (χ1) is 9.31. The SMILES string of the molecule is CC(C)(C)OC(=O)N1CCN2C(=O)N(CCO)CC2C1. The molecule has 2 heterocycles. The van der Waals surface area contributed by atoms with Gasteiger partial charge in [0, 0.05) is 32.7 Å². The van der Waals surface area contributed by atoms with E-state index in [4.69, 9.17) is 9.84 Å². The fraction of sp³-hybridized carbons (Fsp3) is 0.846. The Hall–Kier alpha value is -1.50. The second kappa shape index (κ2) is 5.47. The molecule has 7 heteroatoms. The molecule has 0 aliphatic carbocycles. The van der Waals surface area contributed by atoms with Crippen molar-refractivity contribution in [3.8, 4) is 0 Å². The molecule has 0 saturated carbocycles. The number of carbonyl (C=O) groups excluding carboxylic acids is 2. The standard InChI is InChI=1S/C13H23N3O4/c1-13(2,3)20-12(19)15-4-5-16-10(9-15)8-14(6-7-17)11(16)18/h10,17H,4-9H2,1-3H3. The summed E-state index contributed by atoms with van der Waals surface area (Å²) in [6, 6.07) is -0.0526. The van der Waals surface area contributed by atoms with Crippen molar-refractivity contribution in [2.75, 3.05) is 39.3 Å². The lowest BCUT2D eigenvalue weighted by atomic mass is 10.2. The molecule has 0 aromatic carbocycles. The molecule has 7 nitrogen and oxygen atoms in total. The molecule has 20 heavy (non-hydrogen) atoms. The Balaban J connectivity index is 1.95. The molecular weight excluding hydrogens is 262 g/mol. The number of piperazine rings is 1. The van der Waals surface area contributed by atoms with Gasteiger partial charge in [-0.2, -0.15) is 0 Å². The van der Waals surface area contributed by atoms with Crippen LogP contribution in [-0.4, -0.2) is 82.9 Å². The number of aliphatic hydroxyl groups excluding tert-OH is 1. The van der Waals surface area contributed by atoms with Gasteiger partial charge in [0.2, 0.25) is 0 Å². The third kappa shape index (κ3) is 3.15. The predicted octanol–water partition coefficient (Wildman–Crippen LogP) is 0.336. The highest BCUT2D eigenvalue weighted by Crippen LogP contribution is 2.21. The van der Waals surface area contributed by atoms with Crippen LogP contribution in [0.5, 0.6) is 0 Å². The highest BCUT2D eigenvalue weighted by Gasteiger charge is 2.41. The lowest BCUT2D eigenvalue weighted by Gasteiger charge is -2.37. The number of rotatable bonds is 2. The Bertz CT molecular complexity index is 394. The highest BCUT2D eigenvalue weighted by atomic mass is 16.6. The molecule has 3 amide bonds. The maximum Gasteiger partial charge on any atom is 0.410 e. The van der Waals surface area contributed by atoms with E-state index in [1.165, 1.54) is 0 Å². The van der Waals surface area contributed by atoms with Crippen LogP contribution in [-0.2, 0) is 4.74 Å². The molecule has 0 bridgehead atoms. The summed E-state index contributed by atoms with van der Waals surface area (Å²) < 4.78 is 5.36. The summed E-state index contributed by atoms with van der Waals surface area (Å²) in [7, 11) is 0. The van der Waals surface area contributed by atoms with Crippen molar-refractivity contribution in [1.82, 2.24) is 14.7 Å². The van der Waals surface area contributed by atoms with E-state index >= 15 is 0 Å². The van der Waals surface area contributed by atoms with Gasteiger partial charge in [-0.15, -0.1) is 0 Å². The molecule has 1 unspecified atom stereocenters. The van der Waals surface area contributed by atoms with E-state index in [1.807, 2.05) is 20.8 Å². The van der Waals surface area contributed by atoms with E-state index < -0.39 is 5.60 Å². The minimum atomic E-state index is -0.511. The Morgan fingerprint density at radius 1 is 1.35 bits per heavy atom. The van der Waals surface area contributed by atoms with Gasteiger partial charge in [0.25, 0.3) is 0 Å². The van der Waals surface area contributed by atoms with E-state index in [1.54, 1.807) is 14.7 Å². The van der Waals surface area contributed by atoms with E-state index in [2.05, 4.69) is 0 Å². The second-order valence-corrected chi connectivity index (χ2v) is 6.23. The van der Waals surface area contributed by atoms with Gasteiger partial charge in [-0.05, 0) is 20.8 Å². The number of carbonyl (C=O) groups is 2. The van der Waals surface area contributed by atoms with Gasteiger partial charge < -0.3 is 24.5 Å². The number of aliphatic hydroxyl groups is 1. The number of hydrogen-bond acceptors (Lipinski definition) is 4. The zero-order valence-electron chi connectivity index (χ0n) is 12.3. The van der Waals surface area contributed by atoms with Crippen LogP contribution in [0.2, 0.25) is 0 Å². The quantitative estimate of drug-likeness (QED) is 0.794. The Morgan fingerprint density at radius 3 is 2.65 bits per heavy atom. The Morgan fingerprint density at radius 2 is 2.05 bits per heavy atom. The van der Waals surface area contributed by atoms with Crippen LogP contribution < -0.4 is 0 Å². The predicted molar refractivity (Wildman–Crippen MR) is 72.4 cm³/mol. The molecule has 2 fully saturated rings. The van der Waals surface area contributed by atoms with Crippen molar-refractivity contribution in [2.24, 2.45) is 0 Å². The molecule has 2 aliphatic heterocycles. The van der Waals surface area contributed by atoms with E-state index in [0.717, 1.165) is 0 Å². The molecule has 0 aromatic heterocycles. The Labute approximate surface area is 119 Å². The molecule has 2 saturated heterocycles. The van der Waals surface area contributed by atoms with Crippen molar-refractivity contribution >= 4 is 12.1 Å². The van der Waals surface area contributed by atoms with Crippen LogP contribution >= 0.6 is 0 Å². The maximum absolute atomic E-state index is 12.0. The van der Waals surface area contributed by atoms with E-state index in [9.17, 15) is 9.59 Å². The van der Waals surface area contributed by atoms with Crippen molar-refractivity contribution < 1.29 is 19.4 Å². The van der Waals surface area contributed by atoms with E-state index in [-0.39, 0.29) is 24.8 Å². The molecule has 2 rings (SSSR count). The van der Waals surface area contributed by atoms with Crippen LogP contribution in [0.4, 0.5) is 9.59 Å². The lowest BCUT2D eigenvalue weighted by molar-refractivity contribution is 0.0127. The molecule has 0 spiro atoms. The zero-order valence-corrected chi connectivity index (χ0v) is 12.3. The molecule has 2 aliphatic rings. The van der Waals surface area contributed by atoms with Crippen molar-refractivity contribution in [2.45, 2.75) is 32.4 Å². The number of hydrogen-bond donors (Lipinski definition) is 1. The highest BCUT2D eigenvalue weighted by molar-refractivity contribution is 5.78. The molecule has 1 N–H and O–H groups in total. The van der Waals surface area contributed by atoms with Crippen LogP contribution in [0.25, 0.3) is 0 Å². The third-order valence-electron chi connectivity index (χ3n) is 3.45. The van der Waals surface area contributed by atoms with Crippen molar-refractivity contribution in [1.29, 1.82) is 0 Å². The van der Waals surface area contributed by atoms with Crippen LogP contribution in [0.15, 0.2) is 0 Å². The van der Waals surface area contributed by atoms with Crippen LogP contribution in [0.1, 0.15) is 20.8 Å². The minimum absolute atomic E-state index is 0.00433. The van der Waals surface area contributed by atoms with Gasteiger partial charge in [-0.1, -0.05) is 0 Å². The van der Waals surface area contributed by atoms with Gasteiger partial charge in [-0.25, -0.2) is 9.59 Å². The van der Waals surface area contributed by atoms with Gasteiger partial charge in [0.1, 0.15) is 5.60 Å². The van der Waals surface area contributed by atoms with Crippen molar-refractivity contribution in [3.05, 3.63) is 0 Å². The first-order valence-electron chi connectivity index (χ1n) is 6.96. The summed E-state index contributed by atoms with van der Waals surface area (Å²) in [6.45, 7) is 7.87. The smallest absolute Gasteiger partial charge is 0.410 e. The minimum Gasteiger partial charge on any atom is -0.444 e. The average Bonchev–Trinajstić information content (AvgIpc) is 2.64. The summed E-state index contributed by atoms with van der Waals surface area (Å²) in [5.41, 5.74) is -0.511. The largest absolute Gasteiger partial charge is 0.444 e. The number of fused-ring (bicyclic) bond motifs is 1. The zero-order chi connectivity index (χ0) is 14.9. The van der Waals surface area contributed by atoms with Crippen LogP contribution in [0, 0.1) is 0 Å². The topological polar surface area (TPSA) is 73.3 Å².